The molecule has 0 amide bonds. The highest BCUT2D eigenvalue weighted by Crippen LogP contribution is 2.34. The smallest absolute Gasteiger partial charge is 0.0879 e. The fourth-order valence-corrected chi connectivity index (χ4v) is 2.15. The van der Waals surface area contributed by atoms with E-state index in [1.54, 1.807) is 7.11 Å². The monoisotopic (exact) mass is 203 g/mol. The standard InChI is InChI=1S/C10H18ClNO/c1-5-6-12-7-8(13-4)9(11)10(12,2)3/h5,8-9H,1,6-7H2,2-4H3/t8-,9-/m1/s1. The lowest BCUT2D eigenvalue weighted by Gasteiger charge is -2.32. The summed E-state index contributed by atoms with van der Waals surface area (Å²) in [5, 5.41) is 0.0532. The Morgan fingerprint density at radius 3 is 2.69 bits per heavy atom. The van der Waals surface area contributed by atoms with Crippen LogP contribution >= 0.6 is 11.6 Å². The minimum Gasteiger partial charge on any atom is -0.379 e. The Morgan fingerprint density at radius 2 is 2.31 bits per heavy atom. The Hall–Kier alpha value is -0.0500. The van der Waals surface area contributed by atoms with Crippen molar-refractivity contribution in [3.8, 4) is 0 Å². The van der Waals surface area contributed by atoms with Crippen molar-refractivity contribution >= 4 is 11.6 Å². The van der Waals surface area contributed by atoms with Gasteiger partial charge in [-0.15, -0.1) is 18.2 Å². The molecule has 0 aromatic rings. The third kappa shape index (κ3) is 1.90. The summed E-state index contributed by atoms with van der Waals surface area (Å²) < 4.78 is 5.33. The van der Waals surface area contributed by atoms with Crippen LogP contribution in [0.2, 0.25) is 0 Å². The Kier molecular flexibility index (Phi) is 3.38. The molecule has 2 atom stereocenters. The van der Waals surface area contributed by atoms with E-state index in [-0.39, 0.29) is 17.0 Å². The van der Waals surface area contributed by atoms with Crippen LogP contribution in [0, 0.1) is 0 Å². The van der Waals surface area contributed by atoms with Crippen molar-refractivity contribution in [1.82, 2.24) is 4.90 Å². The van der Waals surface area contributed by atoms with Gasteiger partial charge in [-0.05, 0) is 13.8 Å². The normalized spacial score (nSPS) is 33.5. The predicted octanol–water partition coefficient (Wildman–Crippen LogP) is 1.89. The molecular weight excluding hydrogens is 186 g/mol. The molecule has 0 unspecified atom stereocenters. The third-order valence-corrected chi connectivity index (χ3v) is 3.68. The summed E-state index contributed by atoms with van der Waals surface area (Å²) in [6, 6.07) is 0. The zero-order valence-corrected chi connectivity index (χ0v) is 9.34. The van der Waals surface area contributed by atoms with Crippen molar-refractivity contribution in [2.24, 2.45) is 0 Å². The number of halogens is 1. The number of nitrogens with zero attached hydrogens (tertiary/aromatic N) is 1. The molecule has 0 saturated carbocycles. The van der Waals surface area contributed by atoms with E-state index in [9.17, 15) is 0 Å². The third-order valence-electron chi connectivity index (χ3n) is 2.87. The van der Waals surface area contributed by atoms with E-state index >= 15 is 0 Å². The van der Waals surface area contributed by atoms with Gasteiger partial charge in [0.2, 0.25) is 0 Å². The van der Waals surface area contributed by atoms with E-state index < -0.39 is 0 Å². The van der Waals surface area contributed by atoms with Gasteiger partial charge < -0.3 is 4.74 Å². The van der Waals surface area contributed by atoms with Gasteiger partial charge in [0.15, 0.2) is 0 Å². The van der Waals surface area contributed by atoms with Crippen molar-refractivity contribution in [2.75, 3.05) is 20.2 Å². The average Bonchev–Trinajstić information content (AvgIpc) is 2.29. The second-order valence-electron chi connectivity index (χ2n) is 4.02. The van der Waals surface area contributed by atoms with Crippen molar-refractivity contribution in [3.05, 3.63) is 12.7 Å². The minimum absolute atomic E-state index is 0.00355. The fourth-order valence-electron chi connectivity index (χ4n) is 1.83. The van der Waals surface area contributed by atoms with E-state index in [1.807, 2.05) is 6.08 Å². The number of hydrogen-bond acceptors (Lipinski definition) is 2. The maximum Gasteiger partial charge on any atom is 0.0879 e. The molecule has 3 heteroatoms. The zero-order chi connectivity index (χ0) is 10.1. The first-order valence-corrected chi connectivity index (χ1v) is 5.00. The molecule has 1 aliphatic rings. The molecule has 0 aliphatic carbocycles. The summed E-state index contributed by atoms with van der Waals surface area (Å²) >= 11 is 6.30. The van der Waals surface area contributed by atoms with Gasteiger partial charge in [-0.25, -0.2) is 0 Å². The number of rotatable bonds is 3. The molecule has 0 radical (unpaired) electrons. The molecule has 13 heavy (non-hydrogen) atoms. The SMILES string of the molecule is C=CCN1C[C@@H](OC)[C@@H](Cl)C1(C)C. The van der Waals surface area contributed by atoms with Gasteiger partial charge in [-0.2, -0.15) is 0 Å². The Balaban J connectivity index is 2.73. The summed E-state index contributed by atoms with van der Waals surface area (Å²) in [6.07, 6.45) is 2.04. The summed E-state index contributed by atoms with van der Waals surface area (Å²) in [7, 11) is 1.72. The Bertz CT molecular complexity index is 193. The molecule has 0 bridgehead atoms. The Morgan fingerprint density at radius 1 is 1.69 bits per heavy atom. The van der Waals surface area contributed by atoms with Crippen LogP contribution in [-0.2, 0) is 4.74 Å². The van der Waals surface area contributed by atoms with Gasteiger partial charge in [0.25, 0.3) is 0 Å². The van der Waals surface area contributed by atoms with Crippen molar-refractivity contribution in [2.45, 2.75) is 30.9 Å². The lowest BCUT2D eigenvalue weighted by atomic mass is 10.0. The summed E-state index contributed by atoms with van der Waals surface area (Å²) in [5.41, 5.74) is -0.00355. The molecule has 1 heterocycles. The molecule has 1 rings (SSSR count). The number of hydrogen-bond donors (Lipinski definition) is 0. The highest BCUT2D eigenvalue weighted by Gasteiger charge is 2.46. The van der Waals surface area contributed by atoms with Gasteiger partial charge in [-0.1, -0.05) is 6.08 Å². The second kappa shape index (κ2) is 3.99. The van der Waals surface area contributed by atoms with Gasteiger partial charge in [0.1, 0.15) is 0 Å². The zero-order valence-electron chi connectivity index (χ0n) is 8.59. The Labute approximate surface area is 85.5 Å². The quantitative estimate of drug-likeness (QED) is 0.513. The molecule has 0 aromatic heterocycles. The second-order valence-corrected chi connectivity index (χ2v) is 4.49. The van der Waals surface area contributed by atoms with Crippen LogP contribution in [-0.4, -0.2) is 42.1 Å². The van der Waals surface area contributed by atoms with E-state index in [2.05, 4.69) is 25.3 Å². The summed E-state index contributed by atoms with van der Waals surface area (Å²) in [6.45, 7) is 9.80. The first-order chi connectivity index (χ1) is 6.04. The van der Waals surface area contributed by atoms with Crippen molar-refractivity contribution < 1.29 is 4.74 Å². The molecule has 0 spiro atoms. The van der Waals surface area contributed by atoms with Crippen LogP contribution in [0.3, 0.4) is 0 Å². The van der Waals surface area contributed by atoms with E-state index in [0.717, 1.165) is 13.1 Å². The van der Waals surface area contributed by atoms with E-state index in [0.29, 0.717) is 0 Å². The van der Waals surface area contributed by atoms with Crippen LogP contribution in [0.1, 0.15) is 13.8 Å². The van der Waals surface area contributed by atoms with Crippen LogP contribution < -0.4 is 0 Å². The van der Waals surface area contributed by atoms with E-state index in [1.165, 1.54) is 0 Å². The van der Waals surface area contributed by atoms with Gasteiger partial charge in [-0.3, -0.25) is 4.90 Å². The first-order valence-electron chi connectivity index (χ1n) is 4.56. The predicted molar refractivity (Wildman–Crippen MR) is 56.3 cm³/mol. The lowest BCUT2D eigenvalue weighted by molar-refractivity contribution is 0.111. The molecule has 0 N–H and O–H groups in total. The van der Waals surface area contributed by atoms with Gasteiger partial charge >= 0.3 is 0 Å². The molecule has 1 fully saturated rings. The maximum atomic E-state index is 6.30. The highest BCUT2D eigenvalue weighted by atomic mass is 35.5. The van der Waals surface area contributed by atoms with Crippen molar-refractivity contribution in [3.63, 3.8) is 0 Å². The number of likely N-dealkylation sites (tertiary alicyclic amines) is 1. The highest BCUT2D eigenvalue weighted by molar-refractivity contribution is 6.22. The van der Waals surface area contributed by atoms with Gasteiger partial charge in [0.05, 0.1) is 11.5 Å². The molecular formula is C10H18ClNO. The number of alkyl halides is 1. The van der Waals surface area contributed by atoms with Crippen LogP contribution in [0.4, 0.5) is 0 Å². The lowest BCUT2D eigenvalue weighted by Crippen LogP contribution is -2.43. The average molecular weight is 204 g/mol. The molecule has 2 nitrogen and oxygen atoms in total. The van der Waals surface area contributed by atoms with E-state index in [4.69, 9.17) is 16.3 Å². The fraction of sp³-hybridized carbons (Fsp3) is 0.800. The minimum atomic E-state index is -0.00355. The topological polar surface area (TPSA) is 12.5 Å². The molecule has 1 saturated heterocycles. The van der Waals surface area contributed by atoms with Crippen LogP contribution in [0.5, 0.6) is 0 Å². The van der Waals surface area contributed by atoms with Gasteiger partial charge in [0, 0.05) is 25.7 Å². The largest absolute Gasteiger partial charge is 0.379 e. The number of ether oxygens (including phenoxy) is 1. The molecule has 76 valence electrons. The summed E-state index contributed by atoms with van der Waals surface area (Å²) in [5.74, 6) is 0. The maximum absolute atomic E-state index is 6.30. The summed E-state index contributed by atoms with van der Waals surface area (Å²) in [4.78, 5) is 2.30. The first kappa shape index (κ1) is 11.0. The van der Waals surface area contributed by atoms with Crippen molar-refractivity contribution in [1.29, 1.82) is 0 Å². The molecule has 1 aliphatic heterocycles. The van der Waals surface area contributed by atoms with Crippen LogP contribution in [0.25, 0.3) is 0 Å². The number of methoxy groups -OCH3 is 1. The van der Waals surface area contributed by atoms with Crippen LogP contribution in [0.15, 0.2) is 12.7 Å². The molecule has 0 aromatic carbocycles.